The SMILES string of the molecule is C[C@H]1OC(=O)C2=C1NC1=C(C(=O)COC1)[C@H]2c1ccc(F)c([125I])c1. The van der Waals surface area contributed by atoms with Crippen LogP contribution in [0.3, 0.4) is 0 Å². The maximum Gasteiger partial charge on any atom is 0.337 e. The molecule has 3 heterocycles. The van der Waals surface area contributed by atoms with Crippen molar-refractivity contribution in [2.45, 2.75) is 18.9 Å². The monoisotopic (exact) mass is 439 g/mol. The quantitative estimate of drug-likeness (QED) is 0.537. The van der Waals surface area contributed by atoms with E-state index in [1.807, 2.05) is 22.6 Å². The molecule has 0 unspecified atom stereocenters. The van der Waals surface area contributed by atoms with E-state index in [1.165, 1.54) is 6.07 Å². The number of dihydropyridines is 1. The van der Waals surface area contributed by atoms with Crippen LogP contribution in [0.2, 0.25) is 0 Å². The summed E-state index contributed by atoms with van der Waals surface area (Å²) in [5.74, 6) is -1.51. The summed E-state index contributed by atoms with van der Waals surface area (Å²) in [6.45, 7) is 2.02. The van der Waals surface area contributed by atoms with Gasteiger partial charge in [-0.05, 0) is 47.2 Å². The molecule has 1 aromatic carbocycles. The fourth-order valence-corrected chi connectivity index (χ4v) is 3.93. The van der Waals surface area contributed by atoms with Crippen LogP contribution in [0.4, 0.5) is 4.39 Å². The molecule has 0 bridgehead atoms. The Morgan fingerprint density at radius 2 is 2.04 bits per heavy atom. The van der Waals surface area contributed by atoms with Crippen molar-refractivity contribution in [2.24, 2.45) is 0 Å². The van der Waals surface area contributed by atoms with Gasteiger partial charge in [0.1, 0.15) is 18.5 Å². The Bertz CT molecular complexity index is 843. The zero-order valence-electron chi connectivity index (χ0n) is 12.7. The first-order chi connectivity index (χ1) is 11.5. The Morgan fingerprint density at radius 1 is 1.25 bits per heavy atom. The van der Waals surface area contributed by atoms with Gasteiger partial charge in [-0.15, -0.1) is 0 Å². The molecule has 2 atom stereocenters. The number of cyclic esters (lactones) is 1. The Morgan fingerprint density at radius 3 is 2.79 bits per heavy atom. The predicted octanol–water partition coefficient (Wildman–Crippen LogP) is 2.17. The van der Waals surface area contributed by atoms with E-state index >= 15 is 0 Å². The average molecular weight is 439 g/mol. The van der Waals surface area contributed by atoms with Crippen LogP contribution < -0.4 is 5.32 Å². The molecule has 0 saturated heterocycles. The van der Waals surface area contributed by atoms with Crippen molar-refractivity contribution in [1.29, 1.82) is 0 Å². The number of carbonyl (C=O) groups is 2. The number of ketones is 1. The summed E-state index contributed by atoms with van der Waals surface area (Å²) < 4.78 is 24.7. The van der Waals surface area contributed by atoms with E-state index in [9.17, 15) is 14.0 Å². The maximum absolute atomic E-state index is 13.7. The van der Waals surface area contributed by atoms with Crippen LogP contribution in [0.15, 0.2) is 40.7 Å². The normalized spacial score (nSPS) is 26.1. The number of carbonyl (C=O) groups excluding carboxylic acids is 2. The molecule has 0 aliphatic carbocycles. The van der Waals surface area contributed by atoms with Gasteiger partial charge in [-0.25, -0.2) is 9.18 Å². The molecule has 5 nitrogen and oxygen atoms in total. The fourth-order valence-electron chi connectivity index (χ4n) is 3.39. The Hall–Kier alpha value is -1.74. The molecule has 0 amide bonds. The smallest absolute Gasteiger partial charge is 0.337 e. The van der Waals surface area contributed by atoms with Crippen molar-refractivity contribution in [3.63, 3.8) is 0 Å². The van der Waals surface area contributed by atoms with Gasteiger partial charge >= 0.3 is 5.97 Å². The first-order valence-electron chi connectivity index (χ1n) is 7.48. The van der Waals surface area contributed by atoms with E-state index in [1.54, 1.807) is 19.1 Å². The van der Waals surface area contributed by atoms with Gasteiger partial charge in [0, 0.05) is 20.8 Å². The number of Topliss-reactive ketones (excluding diaryl/α,β-unsaturated/α-hetero) is 1. The minimum atomic E-state index is -0.556. The highest BCUT2D eigenvalue weighted by atomic mass is 125. The van der Waals surface area contributed by atoms with Crippen LogP contribution in [-0.4, -0.2) is 31.1 Å². The second-order valence-corrected chi connectivity index (χ2v) is 7.08. The standard InChI is InChI=1S/C17H13FINO4/c1-7-16-15(17(22)24-7)13(8-2-3-9(18)10(19)4-8)14-11(20-16)5-23-6-12(14)21/h2-4,7,13,20H,5-6H2,1H3/t7-,13-/m1/s1/i19-2. The molecule has 24 heavy (non-hydrogen) atoms. The van der Waals surface area contributed by atoms with E-state index in [4.69, 9.17) is 9.47 Å². The molecule has 0 aromatic heterocycles. The van der Waals surface area contributed by atoms with Crippen molar-refractivity contribution in [2.75, 3.05) is 13.2 Å². The Balaban J connectivity index is 1.93. The number of halogens is 2. The summed E-state index contributed by atoms with van der Waals surface area (Å²) in [5, 5.41) is 3.15. The average Bonchev–Trinajstić information content (AvgIpc) is 2.83. The molecule has 0 fully saturated rings. The zero-order chi connectivity index (χ0) is 17.0. The van der Waals surface area contributed by atoms with Crippen LogP contribution in [0.5, 0.6) is 0 Å². The van der Waals surface area contributed by atoms with E-state index in [0.717, 1.165) is 0 Å². The van der Waals surface area contributed by atoms with Gasteiger partial charge in [0.25, 0.3) is 0 Å². The second-order valence-electron chi connectivity index (χ2n) is 5.91. The number of esters is 1. The topological polar surface area (TPSA) is 64.6 Å². The summed E-state index contributed by atoms with van der Waals surface area (Å²) in [6.07, 6.45) is -0.416. The lowest BCUT2D eigenvalue weighted by Gasteiger charge is -2.32. The number of hydrogen-bond acceptors (Lipinski definition) is 5. The summed E-state index contributed by atoms with van der Waals surface area (Å²) in [5.41, 5.74) is 2.94. The maximum atomic E-state index is 13.7. The van der Waals surface area contributed by atoms with E-state index in [-0.39, 0.29) is 24.8 Å². The van der Waals surface area contributed by atoms with Crippen LogP contribution in [0.25, 0.3) is 0 Å². The number of nitrogens with one attached hydrogen (secondary N) is 1. The van der Waals surface area contributed by atoms with Gasteiger partial charge in [0.2, 0.25) is 0 Å². The summed E-state index contributed by atoms with van der Waals surface area (Å²) in [4.78, 5) is 24.8. The van der Waals surface area contributed by atoms with Crippen molar-refractivity contribution < 1.29 is 23.5 Å². The molecular weight excluding hydrogens is 426 g/mol. The molecule has 3 aliphatic heterocycles. The molecule has 4 rings (SSSR count). The third-order valence-electron chi connectivity index (χ3n) is 4.45. The molecule has 0 radical (unpaired) electrons. The van der Waals surface area contributed by atoms with Crippen LogP contribution in [0, 0.1) is 9.39 Å². The molecular formula is C17H13FINO4. The lowest BCUT2D eigenvalue weighted by atomic mass is 9.78. The largest absolute Gasteiger partial charge is 0.453 e. The minimum Gasteiger partial charge on any atom is -0.453 e. The van der Waals surface area contributed by atoms with Gasteiger partial charge in [-0.2, -0.15) is 0 Å². The highest BCUT2D eigenvalue weighted by molar-refractivity contribution is 14.1. The van der Waals surface area contributed by atoms with Gasteiger partial charge < -0.3 is 14.8 Å². The minimum absolute atomic E-state index is 0.0253. The first kappa shape index (κ1) is 15.8. The van der Waals surface area contributed by atoms with Crippen LogP contribution >= 0.6 is 22.6 Å². The summed E-state index contributed by atoms with van der Waals surface area (Å²) in [6, 6.07) is 4.63. The van der Waals surface area contributed by atoms with E-state index in [0.29, 0.717) is 31.7 Å². The van der Waals surface area contributed by atoms with Crippen molar-refractivity contribution >= 4 is 34.3 Å². The molecule has 1 N–H and O–H groups in total. The number of ether oxygens (including phenoxy) is 2. The molecule has 1 aromatic rings. The lowest BCUT2D eigenvalue weighted by Crippen LogP contribution is -2.37. The van der Waals surface area contributed by atoms with Gasteiger partial charge in [-0.3, -0.25) is 4.79 Å². The zero-order valence-corrected chi connectivity index (χ0v) is 14.8. The van der Waals surface area contributed by atoms with Crippen molar-refractivity contribution in [3.8, 4) is 0 Å². The summed E-state index contributed by atoms with van der Waals surface area (Å²) >= 11 is 1.90. The van der Waals surface area contributed by atoms with E-state index in [2.05, 4.69) is 5.32 Å². The Kier molecular flexibility index (Phi) is 3.72. The molecule has 0 saturated carbocycles. The molecule has 7 heteroatoms. The molecule has 0 spiro atoms. The second kappa shape index (κ2) is 5.66. The van der Waals surface area contributed by atoms with Crippen LogP contribution in [0.1, 0.15) is 18.4 Å². The van der Waals surface area contributed by atoms with Gasteiger partial charge in [0.15, 0.2) is 5.78 Å². The third kappa shape index (κ3) is 2.29. The lowest BCUT2D eigenvalue weighted by molar-refractivity contribution is -0.139. The molecule has 124 valence electrons. The third-order valence-corrected chi connectivity index (χ3v) is 5.27. The highest BCUT2D eigenvalue weighted by Gasteiger charge is 2.45. The number of hydrogen-bond donors (Lipinski definition) is 1. The van der Waals surface area contributed by atoms with Crippen molar-refractivity contribution in [3.05, 3.63) is 55.7 Å². The number of rotatable bonds is 1. The molecule has 3 aliphatic rings. The number of benzene rings is 1. The first-order valence-corrected chi connectivity index (χ1v) is 8.56. The van der Waals surface area contributed by atoms with Crippen molar-refractivity contribution in [1.82, 2.24) is 5.32 Å². The van der Waals surface area contributed by atoms with Gasteiger partial charge in [0.05, 0.1) is 17.9 Å². The summed E-state index contributed by atoms with van der Waals surface area (Å²) in [7, 11) is 0. The Labute approximate surface area is 151 Å². The highest BCUT2D eigenvalue weighted by Crippen LogP contribution is 2.44. The predicted molar refractivity (Wildman–Crippen MR) is 90.4 cm³/mol. The van der Waals surface area contributed by atoms with Gasteiger partial charge in [-0.1, -0.05) is 6.07 Å². The van der Waals surface area contributed by atoms with E-state index < -0.39 is 18.0 Å². The fraction of sp³-hybridized carbons (Fsp3) is 0.294. The van der Waals surface area contributed by atoms with Crippen LogP contribution in [-0.2, 0) is 19.1 Å².